The Balaban J connectivity index is 2.09. The third-order valence-electron chi connectivity index (χ3n) is 2.73. The van der Waals surface area contributed by atoms with E-state index in [0.29, 0.717) is 11.8 Å². The Hall–Kier alpha value is -0.900. The summed E-state index contributed by atoms with van der Waals surface area (Å²) in [5, 5.41) is 8.23. The van der Waals surface area contributed by atoms with Crippen LogP contribution in [0.15, 0.2) is 6.33 Å². The van der Waals surface area contributed by atoms with Gasteiger partial charge >= 0.3 is 0 Å². The first-order valence-corrected chi connectivity index (χ1v) is 5.73. The Labute approximate surface area is 90.7 Å². The zero-order chi connectivity index (χ0) is 10.7. The fourth-order valence-corrected chi connectivity index (χ4v) is 2.06. The molecule has 1 aromatic heterocycles. The second kappa shape index (κ2) is 4.75. The van der Waals surface area contributed by atoms with Gasteiger partial charge in [-0.25, -0.2) is 0 Å². The normalized spacial score (nSPS) is 22.2. The molecule has 0 saturated carbocycles. The summed E-state index contributed by atoms with van der Waals surface area (Å²) in [7, 11) is 0. The van der Waals surface area contributed by atoms with Gasteiger partial charge in [-0.1, -0.05) is 13.8 Å². The highest BCUT2D eigenvalue weighted by atomic mass is 16.5. The van der Waals surface area contributed by atoms with Gasteiger partial charge in [0, 0.05) is 19.1 Å². The lowest BCUT2D eigenvalue weighted by molar-refractivity contribution is 0.0767. The van der Waals surface area contributed by atoms with Crippen molar-refractivity contribution in [1.29, 1.82) is 0 Å². The molecule has 4 heteroatoms. The van der Waals surface area contributed by atoms with Crippen molar-refractivity contribution in [3.8, 4) is 0 Å². The number of aromatic nitrogens is 3. The molecule has 2 heterocycles. The van der Waals surface area contributed by atoms with Gasteiger partial charge in [0.15, 0.2) is 0 Å². The Morgan fingerprint density at radius 1 is 1.60 bits per heavy atom. The lowest BCUT2D eigenvalue weighted by atomic mass is 10.0. The molecular weight excluding hydrogens is 190 g/mol. The van der Waals surface area contributed by atoms with Crippen molar-refractivity contribution in [2.75, 3.05) is 13.2 Å². The third kappa shape index (κ3) is 2.56. The molecule has 1 atom stereocenters. The van der Waals surface area contributed by atoms with E-state index in [-0.39, 0.29) is 0 Å². The molecule has 0 aliphatic carbocycles. The van der Waals surface area contributed by atoms with Crippen molar-refractivity contribution >= 4 is 0 Å². The molecule has 84 valence electrons. The average molecular weight is 209 g/mol. The van der Waals surface area contributed by atoms with Gasteiger partial charge in [-0.15, -0.1) is 10.2 Å². The number of hydrogen-bond donors (Lipinski definition) is 0. The highest BCUT2D eigenvalue weighted by Crippen LogP contribution is 2.23. The maximum absolute atomic E-state index is 5.48. The summed E-state index contributed by atoms with van der Waals surface area (Å²) in [6.45, 7) is 7.12. The van der Waals surface area contributed by atoms with Crippen molar-refractivity contribution in [2.24, 2.45) is 5.92 Å². The first kappa shape index (κ1) is 10.6. The van der Waals surface area contributed by atoms with E-state index in [1.807, 2.05) is 6.33 Å². The molecule has 1 aromatic rings. The highest BCUT2D eigenvalue weighted by Gasteiger charge is 2.21. The monoisotopic (exact) mass is 209 g/mol. The molecule has 1 fully saturated rings. The van der Waals surface area contributed by atoms with Gasteiger partial charge in [0.1, 0.15) is 12.2 Å². The van der Waals surface area contributed by atoms with Crippen LogP contribution in [0.3, 0.4) is 0 Å². The van der Waals surface area contributed by atoms with E-state index < -0.39 is 0 Å². The molecule has 2 rings (SSSR count). The number of ether oxygens (including phenoxy) is 1. The second-order valence-electron chi connectivity index (χ2n) is 4.65. The first-order chi connectivity index (χ1) is 7.27. The minimum absolute atomic E-state index is 0.444. The molecule has 0 amide bonds. The van der Waals surface area contributed by atoms with Crippen molar-refractivity contribution in [2.45, 2.75) is 39.2 Å². The Morgan fingerprint density at radius 2 is 2.47 bits per heavy atom. The quantitative estimate of drug-likeness (QED) is 0.762. The maximum atomic E-state index is 5.48. The number of rotatable bonds is 3. The largest absolute Gasteiger partial charge is 0.381 e. The summed E-state index contributed by atoms with van der Waals surface area (Å²) in [4.78, 5) is 0. The SMILES string of the molecule is CC(C)Cn1cnnc1C1CCCOC1. The van der Waals surface area contributed by atoms with E-state index in [9.17, 15) is 0 Å². The fourth-order valence-electron chi connectivity index (χ4n) is 2.06. The summed E-state index contributed by atoms with van der Waals surface area (Å²) < 4.78 is 7.66. The van der Waals surface area contributed by atoms with E-state index in [0.717, 1.165) is 32.0 Å². The summed E-state index contributed by atoms with van der Waals surface area (Å²) in [6, 6.07) is 0. The molecule has 1 aliphatic rings. The van der Waals surface area contributed by atoms with E-state index in [1.165, 1.54) is 6.42 Å². The number of hydrogen-bond acceptors (Lipinski definition) is 3. The smallest absolute Gasteiger partial charge is 0.138 e. The van der Waals surface area contributed by atoms with E-state index >= 15 is 0 Å². The molecular formula is C11H19N3O. The molecule has 0 bridgehead atoms. The highest BCUT2D eigenvalue weighted by molar-refractivity contribution is 4.97. The summed E-state index contributed by atoms with van der Waals surface area (Å²) >= 11 is 0. The van der Waals surface area contributed by atoms with Crippen LogP contribution in [0.5, 0.6) is 0 Å². The minimum atomic E-state index is 0.444. The predicted molar refractivity (Wildman–Crippen MR) is 57.7 cm³/mol. The van der Waals surface area contributed by atoms with Gasteiger partial charge < -0.3 is 9.30 Å². The first-order valence-electron chi connectivity index (χ1n) is 5.73. The molecule has 0 N–H and O–H groups in total. The summed E-state index contributed by atoms with van der Waals surface area (Å²) in [5.41, 5.74) is 0. The van der Waals surface area contributed by atoms with Crippen molar-refractivity contribution in [3.63, 3.8) is 0 Å². The van der Waals surface area contributed by atoms with Crippen LogP contribution in [0.1, 0.15) is 38.4 Å². The van der Waals surface area contributed by atoms with Gasteiger partial charge in [-0.3, -0.25) is 0 Å². The van der Waals surface area contributed by atoms with Gasteiger partial charge in [0.2, 0.25) is 0 Å². The predicted octanol–water partition coefficient (Wildman–Crippen LogP) is 1.83. The zero-order valence-electron chi connectivity index (χ0n) is 9.52. The van der Waals surface area contributed by atoms with Crippen molar-refractivity contribution in [3.05, 3.63) is 12.2 Å². The standard InChI is InChI=1S/C11H19N3O/c1-9(2)6-14-8-12-13-11(14)10-4-3-5-15-7-10/h8-10H,3-7H2,1-2H3. The zero-order valence-corrected chi connectivity index (χ0v) is 9.52. The van der Waals surface area contributed by atoms with E-state index in [4.69, 9.17) is 4.74 Å². The molecule has 1 aliphatic heterocycles. The molecule has 1 unspecified atom stereocenters. The molecule has 0 radical (unpaired) electrons. The van der Waals surface area contributed by atoms with Crippen LogP contribution in [0.4, 0.5) is 0 Å². The lowest BCUT2D eigenvalue weighted by Crippen LogP contribution is -2.20. The van der Waals surface area contributed by atoms with Crippen LogP contribution < -0.4 is 0 Å². The molecule has 0 aromatic carbocycles. The van der Waals surface area contributed by atoms with Crippen LogP contribution in [0.25, 0.3) is 0 Å². The molecule has 1 saturated heterocycles. The Kier molecular flexibility index (Phi) is 3.36. The van der Waals surface area contributed by atoms with Crippen molar-refractivity contribution < 1.29 is 4.74 Å². The van der Waals surface area contributed by atoms with Gasteiger partial charge in [-0.2, -0.15) is 0 Å². The van der Waals surface area contributed by atoms with Crippen LogP contribution in [0.2, 0.25) is 0 Å². The molecule has 15 heavy (non-hydrogen) atoms. The second-order valence-corrected chi connectivity index (χ2v) is 4.65. The molecule has 4 nitrogen and oxygen atoms in total. The number of nitrogens with zero attached hydrogens (tertiary/aromatic N) is 3. The van der Waals surface area contributed by atoms with E-state index in [2.05, 4.69) is 28.6 Å². The van der Waals surface area contributed by atoms with Crippen molar-refractivity contribution in [1.82, 2.24) is 14.8 Å². The van der Waals surface area contributed by atoms with Crippen LogP contribution >= 0.6 is 0 Å². The topological polar surface area (TPSA) is 39.9 Å². The Bertz CT molecular complexity index is 303. The van der Waals surface area contributed by atoms with Gasteiger partial charge in [0.25, 0.3) is 0 Å². The van der Waals surface area contributed by atoms with Gasteiger partial charge in [-0.05, 0) is 18.8 Å². The summed E-state index contributed by atoms with van der Waals surface area (Å²) in [6.07, 6.45) is 4.15. The van der Waals surface area contributed by atoms with Crippen LogP contribution in [-0.4, -0.2) is 28.0 Å². The summed E-state index contributed by atoms with van der Waals surface area (Å²) in [5.74, 6) is 2.17. The van der Waals surface area contributed by atoms with E-state index in [1.54, 1.807) is 0 Å². The third-order valence-corrected chi connectivity index (χ3v) is 2.73. The minimum Gasteiger partial charge on any atom is -0.381 e. The fraction of sp³-hybridized carbons (Fsp3) is 0.818. The van der Waals surface area contributed by atoms with Crippen LogP contribution in [0, 0.1) is 5.92 Å². The van der Waals surface area contributed by atoms with Gasteiger partial charge in [0.05, 0.1) is 6.61 Å². The Morgan fingerprint density at radius 3 is 3.13 bits per heavy atom. The van der Waals surface area contributed by atoms with Crippen LogP contribution in [-0.2, 0) is 11.3 Å². The molecule has 0 spiro atoms. The average Bonchev–Trinajstić information content (AvgIpc) is 2.66. The maximum Gasteiger partial charge on any atom is 0.138 e. The lowest BCUT2D eigenvalue weighted by Gasteiger charge is -2.22.